The predicted octanol–water partition coefficient (Wildman–Crippen LogP) is 3.94. The van der Waals surface area contributed by atoms with Crippen molar-refractivity contribution in [3.8, 4) is 0 Å². The van der Waals surface area contributed by atoms with E-state index in [0.29, 0.717) is 10.7 Å². The Morgan fingerprint density at radius 2 is 2.04 bits per heavy atom. The third-order valence-electron chi connectivity index (χ3n) is 4.62. The molecule has 0 N–H and O–H groups in total. The van der Waals surface area contributed by atoms with Crippen molar-refractivity contribution in [1.82, 2.24) is 9.38 Å². The summed E-state index contributed by atoms with van der Waals surface area (Å²) in [5.41, 5.74) is 2.12. The lowest BCUT2D eigenvalue weighted by Crippen LogP contribution is -2.23. The van der Waals surface area contributed by atoms with E-state index in [-0.39, 0.29) is 30.0 Å². The molecule has 0 bridgehead atoms. The van der Waals surface area contributed by atoms with Gasteiger partial charge in [0.05, 0.1) is 11.6 Å². The number of aryl methyl sites for hydroxylation is 1. The van der Waals surface area contributed by atoms with Gasteiger partial charge in [-0.1, -0.05) is 50.6 Å². The molecule has 5 nitrogen and oxygen atoms in total. The summed E-state index contributed by atoms with van der Waals surface area (Å²) in [5.74, 6) is -0.448. The maximum atomic E-state index is 12.7. The monoisotopic (exact) mass is 370 g/mol. The molecule has 136 valence electrons. The van der Waals surface area contributed by atoms with E-state index in [1.165, 1.54) is 17.4 Å². The van der Waals surface area contributed by atoms with Crippen molar-refractivity contribution < 1.29 is 9.53 Å². The van der Waals surface area contributed by atoms with E-state index >= 15 is 0 Å². The van der Waals surface area contributed by atoms with Gasteiger partial charge < -0.3 is 4.74 Å². The highest BCUT2D eigenvalue weighted by molar-refractivity contribution is 7.15. The van der Waals surface area contributed by atoms with Crippen LogP contribution in [0, 0.1) is 12.8 Å². The molecular weight excluding hydrogens is 348 g/mol. The van der Waals surface area contributed by atoms with Gasteiger partial charge in [-0.25, -0.2) is 4.98 Å². The predicted molar refractivity (Wildman–Crippen MR) is 103 cm³/mol. The Bertz CT molecular complexity index is 962. The zero-order valence-electron chi connectivity index (χ0n) is 15.1. The fourth-order valence-electron chi connectivity index (χ4n) is 3.00. The van der Waals surface area contributed by atoms with Crippen LogP contribution in [0.1, 0.15) is 43.1 Å². The summed E-state index contributed by atoms with van der Waals surface area (Å²) in [7, 11) is 0. The number of ether oxygens (including phenoxy) is 1. The molecule has 2 unspecified atom stereocenters. The van der Waals surface area contributed by atoms with Crippen molar-refractivity contribution >= 4 is 22.3 Å². The number of aromatic nitrogens is 2. The van der Waals surface area contributed by atoms with Crippen LogP contribution in [0.15, 0.2) is 46.6 Å². The summed E-state index contributed by atoms with van der Waals surface area (Å²) in [5, 5.41) is 1.88. The van der Waals surface area contributed by atoms with Crippen molar-refractivity contribution in [2.75, 3.05) is 0 Å². The van der Waals surface area contributed by atoms with Crippen molar-refractivity contribution in [1.29, 1.82) is 0 Å². The van der Waals surface area contributed by atoms with Gasteiger partial charge in [-0.05, 0) is 18.4 Å². The molecule has 3 aromatic rings. The molecule has 2 atom stereocenters. The quantitative estimate of drug-likeness (QED) is 0.617. The molecule has 0 radical (unpaired) electrons. The summed E-state index contributed by atoms with van der Waals surface area (Å²) in [6, 6.07) is 11.1. The van der Waals surface area contributed by atoms with Gasteiger partial charge in [0.2, 0.25) is 0 Å². The molecule has 2 heterocycles. The maximum Gasteiger partial charge on any atom is 0.314 e. The fraction of sp³-hybridized carbons (Fsp3) is 0.350. The topological polar surface area (TPSA) is 60.7 Å². The number of fused-ring (bicyclic) bond motifs is 1. The van der Waals surface area contributed by atoms with Gasteiger partial charge in [0.1, 0.15) is 6.61 Å². The van der Waals surface area contributed by atoms with Gasteiger partial charge in [0.15, 0.2) is 4.96 Å². The molecule has 2 aromatic heterocycles. The van der Waals surface area contributed by atoms with E-state index in [0.717, 1.165) is 17.7 Å². The smallest absolute Gasteiger partial charge is 0.314 e. The second-order valence-corrected chi connectivity index (χ2v) is 7.30. The molecule has 6 heteroatoms. The molecule has 3 rings (SSSR count). The first-order chi connectivity index (χ1) is 12.5. The molecule has 0 aliphatic heterocycles. The van der Waals surface area contributed by atoms with E-state index in [9.17, 15) is 9.59 Å². The number of benzene rings is 1. The van der Waals surface area contributed by atoms with Crippen LogP contribution in [0.2, 0.25) is 0 Å². The minimum absolute atomic E-state index is 0.00128. The minimum Gasteiger partial charge on any atom is -0.459 e. The summed E-state index contributed by atoms with van der Waals surface area (Å²) >= 11 is 1.40. The van der Waals surface area contributed by atoms with Crippen molar-refractivity contribution in [3.63, 3.8) is 0 Å². The standard InChI is InChI=1S/C20H22N2O3S/c1-4-13(2)18(15-8-6-5-7-9-15)19(24)25-11-16-10-17(23)22-14(3)12-26-20(22)21-16/h5-10,12-13,18H,4,11H2,1-3H3. The van der Waals surface area contributed by atoms with Gasteiger partial charge in [-0.15, -0.1) is 11.3 Å². The van der Waals surface area contributed by atoms with Crippen LogP contribution in [-0.4, -0.2) is 15.4 Å². The number of carbonyl (C=O) groups is 1. The number of hydrogen-bond acceptors (Lipinski definition) is 5. The summed E-state index contributed by atoms with van der Waals surface area (Å²) in [6.07, 6.45) is 0.870. The van der Waals surface area contributed by atoms with Crippen molar-refractivity contribution in [2.24, 2.45) is 5.92 Å². The minimum atomic E-state index is -0.324. The van der Waals surface area contributed by atoms with E-state index in [4.69, 9.17) is 4.74 Å². The Morgan fingerprint density at radius 1 is 1.31 bits per heavy atom. The Labute approximate surface area is 156 Å². The second-order valence-electron chi connectivity index (χ2n) is 6.46. The van der Waals surface area contributed by atoms with Crippen LogP contribution in [0.25, 0.3) is 4.96 Å². The Kier molecular flexibility index (Phi) is 5.52. The molecule has 0 saturated carbocycles. The molecule has 0 aliphatic carbocycles. The molecule has 0 saturated heterocycles. The van der Waals surface area contributed by atoms with Crippen LogP contribution in [0.5, 0.6) is 0 Å². The van der Waals surface area contributed by atoms with Crippen molar-refractivity contribution in [3.05, 3.63) is 69.1 Å². The van der Waals surface area contributed by atoms with Crippen LogP contribution < -0.4 is 5.56 Å². The summed E-state index contributed by atoms with van der Waals surface area (Å²) in [4.78, 5) is 30.0. The summed E-state index contributed by atoms with van der Waals surface area (Å²) < 4.78 is 7.09. The summed E-state index contributed by atoms with van der Waals surface area (Å²) in [6.45, 7) is 5.97. The highest BCUT2D eigenvalue weighted by atomic mass is 32.1. The number of rotatable bonds is 6. The Balaban J connectivity index is 1.79. The molecule has 0 fully saturated rings. The number of nitrogens with zero attached hydrogens (tertiary/aromatic N) is 2. The first-order valence-electron chi connectivity index (χ1n) is 8.69. The average Bonchev–Trinajstić information content (AvgIpc) is 3.02. The first kappa shape index (κ1) is 18.3. The van der Waals surface area contributed by atoms with E-state index in [1.807, 2.05) is 49.6 Å². The highest BCUT2D eigenvalue weighted by Crippen LogP contribution is 2.28. The SMILES string of the molecule is CCC(C)C(C(=O)OCc1cc(=O)n2c(C)csc2n1)c1ccccc1. The van der Waals surface area contributed by atoms with E-state index in [2.05, 4.69) is 11.9 Å². The molecule has 0 spiro atoms. The zero-order valence-corrected chi connectivity index (χ0v) is 16.0. The Morgan fingerprint density at radius 3 is 2.73 bits per heavy atom. The van der Waals surface area contributed by atoms with Crippen molar-refractivity contribution in [2.45, 2.75) is 39.7 Å². The lowest BCUT2D eigenvalue weighted by molar-refractivity contribution is -0.148. The van der Waals surface area contributed by atoms with Gasteiger partial charge in [0.25, 0.3) is 5.56 Å². The van der Waals surface area contributed by atoms with Gasteiger partial charge in [0, 0.05) is 17.1 Å². The van der Waals surface area contributed by atoms with E-state index < -0.39 is 0 Å². The largest absolute Gasteiger partial charge is 0.459 e. The number of esters is 1. The molecule has 0 aliphatic rings. The highest BCUT2D eigenvalue weighted by Gasteiger charge is 2.27. The number of carbonyl (C=O) groups excluding carboxylic acids is 1. The first-order valence-corrected chi connectivity index (χ1v) is 9.57. The molecule has 0 amide bonds. The van der Waals surface area contributed by atoms with Crippen LogP contribution in [0.4, 0.5) is 0 Å². The molecule has 26 heavy (non-hydrogen) atoms. The maximum absolute atomic E-state index is 12.7. The Hall–Kier alpha value is -2.47. The van der Waals surface area contributed by atoms with Crippen LogP contribution >= 0.6 is 11.3 Å². The third-order valence-corrected chi connectivity index (χ3v) is 5.56. The second kappa shape index (κ2) is 7.83. The van der Waals surface area contributed by atoms with Gasteiger partial charge >= 0.3 is 5.97 Å². The fourth-order valence-corrected chi connectivity index (χ4v) is 3.89. The number of hydrogen-bond donors (Lipinski definition) is 0. The zero-order chi connectivity index (χ0) is 18.7. The molecule has 1 aromatic carbocycles. The lowest BCUT2D eigenvalue weighted by Gasteiger charge is -2.21. The van der Waals surface area contributed by atoms with E-state index in [1.54, 1.807) is 4.40 Å². The van der Waals surface area contributed by atoms with Crippen LogP contribution in [-0.2, 0) is 16.1 Å². The van der Waals surface area contributed by atoms with Crippen LogP contribution in [0.3, 0.4) is 0 Å². The molecular formula is C20H22N2O3S. The average molecular weight is 370 g/mol. The number of thiazole rings is 1. The van der Waals surface area contributed by atoms with Gasteiger partial charge in [-0.3, -0.25) is 14.0 Å². The van der Waals surface area contributed by atoms with Gasteiger partial charge in [-0.2, -0.15) is 0 Å². The normalized spacial score (nSPS) is 13.5. The lowest BCUT2D eigenvalue weighted by atomic mass is 9.86. The third kappa shape index (κ3) is 3.70.